The molecule has 1 aromatic carbocycles. The molecule has 1 N–H and O–H groups in total. The average Bonchev–Trinajstić information content (AvgIpc) is 2.43. The fraction of sp³-hybridized carbons (Fsp3) is 0.500. The van der Waals surface area contributed by atoms with Crippen LogP contribution in [0.15, 0.2) is 18.2 Å². The molecule has 0 spiro atoms. The number of piperidine rings is 1. The summed E-state index contributed by atoms with van der Waals surface area (Å²) in [4.78, 5) is 14.2. The highest BCUT2D eigenvalue weighted by Gasteiger charge is 2.22. The third-order valence-corrected chi connectivity index (χ3v) is 4.35. The van der Waals surface area contributed by atoms with Crippen molar-refractivity contribution in [3.63, 3.8) is 0 Å². The van der Waals surface area contributed by atoms with Crippen molar-refractivity contribution >= 4 is 29.1 Å². The van der Waals surface area contributed by atoms with Gasteiger partial charge in [0.2, 0.25) is 5.91 Å². The highest BCUT2D eigenvalue weighted by atomic mass is 35.5. The summed E-state index contributed by atoms with van der Waals surface area (Å²) in [5, 5.41) is 4.37. The highest BCUT2D eigenvalue weighted by Crippen LogP contribution is 2.25. The second-order valence-electron chi connectivity index (χ2n) is 4.82. The van der Waals surface area contributed by atoms with E-state index in [0.717, 1.165) is 31.5 Å². The quantitative estimate of drug-likeness (QED) is 0.931. The normalized spacial score (nSPS) is 16.7. The predicted octanol–water partition coefficient (Wildman–Crippen LogP) is 2.75. The molecular weight excluding hydrogens is 283 g/mol. The predicted molar refractivity (Wildman–Crippen MR) is 78.8 cm³/mol. The molecule has 1 amide bonds. The van der Waals surface area contributed by atoms with Crippen LogP contribution in [0.5, 0.6) is 0 Å². The van der Waals surface area contributed by atoms with E-state index in [0.29, 0.717) is 16.1 Å². The summed E-state index contributed by atoms with van der Waals surface area (Å²) in [6.07, 6.45) is 2.28. The Hall–Kier alpha value is -0.770. The number of rotatable bonds is 3. The maximum atomic E-state index is 12.3. The Morgan fingerprint density at radius 2 is 1.89 bits per heavy atom. The molecule has 0 unspecified atom stereocenters. The minimum Gasteiger partial charge on any atom is -0.342 e. The Bertz CT molecular complexity index is 437. The number of hydrogen-bond donors (Lipinski definition) is 1. The molecule has 1 heterocycles. The van der Waals surface area contributed by atoms with Crippen LogP contribution >= 0.6 is 23.2 Å². The van der Waals surface area contributed by atoms with Crippen LogP contribution in [0.1, 0.15) is 18.4 Å². The Morgan fingerprint density at radius 3 is 2.42 bits per heavy atom. The molecule has 3 nitrogen and oxygen atoms in total. The van der Waals surface area contributed by atoms with Crippen LogP contribution in [0.25, 0.3) is 0 Å². The zero-order valence-electron chi connectivity index (χ0n) is 11.0. The molecule has 1 aliphatic rings. The van der Waals surface area contributed by atoms with Gasteiger partial charge in [-0.15, -0.1) is 0 Å². The van der Waals surface area contributed by atoms with Gasteiger partial charge < -0.3 is 10.2 Å². The summed E-state index contributed by atoms with van der Waals surface area (Å²) in [6, 6.07) is 5.84. The van der Waals surface area contributed by atoms with Gasteiger partial charge in [0.25, 0.3) is 0 Å². The van der Waals surface area contributed by atoms with Crippen molar-refractivity contribution in [2.24, 2.45) is 0 Å². The third kappa shape index (κ3) is 3.62. The summed E-state index contributed by atoms with van der Waals surface area (Å²) in [6.45, 7) is 1.60. The number of likely N-dealkylation sites (tertiary alicyclic amines) is 1. The number of benzene rings is 1. The molecule has 2 rings (SSSR count). The first-order valence-corrected chi connectivity index (χ1v) is 7.25. The first-order chi connectivity index (χ1) is 9.11. The maximum absolute atomic E-state index is 12.3. The van der Waals surface area contributed by atoms with Crippen LogP contribution in [0, 0.1) is 0 Å². The van der Waals surface area contributed by atoms with E-state index in [4.69, 9.17) is 23.2 Å². The van der Waals surface area contributed by atoms with E-state index < -0.39 is 0 Å². The SMILES string of the molecule is CNC1CCN(C(=O)Cc2c(Cl)cccc2Cl)CC1. The van der Waals surface area contributed by atoms with Gasteiger partial charge >= 0.3 is 0 Å². The molecule has 19 heavy (non-hydrogen) atoms. The summed E-state index contributed by atoms with van der Waals surface area (Å²) < 4.78 is 0. The monoisotopic (exact) mass is 300 g/mol. The smallest absolute Gasteiger partial charge is 0.227 e. The molecule has 1 aliphatic heterocycles. The van der Waals surface area contributed by atoms with E-state index >= 15 is 0 Å². The molecule has 0 atom stereocenters. The van der Waals surface area contributed by atoms with Gasteiger partial charge in [-0.1, -0.05) is 29.3 Å². The summed E-state index contributed by atoms with van der Waals surface area (Å²) in [7, 11) is 1.96. The maximum Gasteiger partial charge on any atom is 0.227 e. The molecular formula is C14H18Cl2N2O. The minimum absolute atomic E-state index is 0.101. The van der Waals surface area contributed by atoms with Crippen molar-refractivity contribution in [3.05, 3.63) is 33.8 Å². The van der Waals surface area contributed by atoms with Crippen molar-refractivity contribution in [3.8, 4) is 0 Å². The zero-order chi connectivity index (χ0) is 13.8. The minimum atomic E-state index is 0.101. The molecule has 0 bridgehead atoms. The van der Waals surface area contributed by atoms with Gasteiger partial charge in [0.15, 0.2) is 0 Å². The fourth-order valence-corrected chi connectivity index (χ4v) is 2.91. The van der Waals surface area contributed by atoms with Crippen LogP contribution in [0.3, 0.4) is 0 Å². The first kappa shape index (κ1) is 14.6. The van der Waals surface area contributed by atoms with Gasteiger partial charge in [-0.2, -0.15) is 0 Å². The molecule has 1 fully saturated rings. The molecule has 0 aliphatic carbocycles. The van der Waals surface area contributed by atoms with Gasteiger partial charge in [-0.3, -0.25) is 4.79 Å². The Kier molecular flexibility index (Phi) is 5.08. The lowest BCUT2D eigenvalue weighted by atomic mass is 10.0. The number of hydrogen-bond acceptors (Lipinski definition) is 2. The molecule has 1 aromatic rings. The summed E-state index contributed by atoms with van der Waals surface area (Å²) >= 11 is 12.2. The van der Waals surface area contributed by atoms with Crippen molar-refractivity contribution < 1.29 is 4.79 Å². The van der Waals surface area contributed by atoms with Gasteiger partial charge in [0.1, 0.15) is 0 Å². The topological polar surface area (TPSA) is 32.3 Å². The van der Waals surface area contributed by atoms with Crippen LogP contribution < -0.4 is 5.32 Å². The third-order valence-electron chi connectivity index (χ3n) is 3.65. The van der Waals surface area contributed by atoms with Crippen molar-refractivity contribution in [2.75, 3.05) is 20.1 Å². The van der Waals surface area contributed by atoms with Crippen molar-refractivity contribution in [2.45, 2.75) is 25.3 Å². The number of nitrogens with zero attached hydrogens (tertiary/aromatic N) is 1. The fourth-order valence-electron chi connectivity index (χ4n) is 2.38. The largest absolute Gasteiger partial charge is 0.342 e. The molecule has 5 heteroatoms. The summed E-state index contributed by atoms with van der Waals surface area (Å²) in [5.74, 6) is 0.101. The molecule has 1 saturated heterocycles. The van der Waals surface area contributed by atoms with Crippen LogP contribution in [0.4, 0.5) is 0 Å². The van der Waals surface area contributed by atoms with Gasteiger partial charge in [-0.25, -0.2) is 0 Å². The van der Waals surface area contributed by atoms with E-state index in [2.05, 4.69) is 5.32 Å². The Balaban J connectivity index is 1.98. The lowest BCUT2D eigenvalue weighted by Gasteiger charge is -2.32. The average molecular weight is 301 g/mol. The van der Waals surface area contributed by atoms with Crippen LogP contribution in [0.2, 0.25) is 10.0 Å². The number of carbonyl (C=O) groups excluding carboxylic acids is 1. The zero-order valence-corrected chi connectivity index (χ0v) is 12.5. The Morgan fingerprint density at radius 1 is 1.32 bits per heavy atom. The number of halogens is 2. The van der Waals surface area contributed by atoms with Crippen LogP contribution in [-0.2, 0) is 11.2 Å². The van der Waals surface area contributed by atoms with Crippen molar-refractivity contribution in [1.29, 1.82) is 0 Å². The van der Waals surface area contributed by atoms with Gasteiger partial charge in [-0.05, 0) is 37.6 Å². The summed E-state index contributed by atoms with van der Waals surface area (Å²) in [5.41, 5.74) is 0.728. The molecule has 104 valence electrons. The van der Waals surface area contributed by atoms with E-state index in [-0.39, 0.29) is 12.3 Å². The lowest BCUT2D eigenvalue weighted by Crippen LogP contribution is -2.44. The van der Waals surface area contributed by atoms with E-state index in [9.17, 15) is 4.79 Å². The number of carbonyl (C=O) groups is 1. The van der Waals surface area contributed by atoms with E-state index in [1.807, 2.05) is 11.9 Å². The molecule has 0 aromatic heterocycles. The standard InChI is InChI=1S/C14H18Cl2N2O/c1-17-10-5-7-18(8-6-10)14(19)9-11-12(15)3-2-4-13(11)16/h2-4,10,17H,5-9H2,1H3. The molecule has 0 radical (unpaired) electrons. The number of amides is 1. The van der Waals surface area contributed by atoms with E-state index in [1.54, 1.807) is 18.2 Å². The van der Waals surface area contributed by atoms with Gasteiger partial charge in [0.05, 0.1) is 6.42 Å². The Labute approximate surface area is 123 Å². The lowest BCUT2D eigenvalue weighted by molar-refractivity contribution is -0.131. The van der Waals surface area contributed by atoms with Crippen molar-refractivity contribution in [1.82, 2.24) is 10.2 Å². The number of nitrogens with one attached hydrogen (secondary N) is 1. The highest BCUT2D eigenvalue weighted by molar-refractivity contribution is 6.36. The van der Waals surface area contributed by atoms with Crippen LogP contribution in [-0.4, -0.2) is 37.0 Å². The first-order valence-electron chi connectivity index (χ1n) is 6.49. The van der Waals surface area contributed by atoms with Gasteiger partial charge in [0, 0.05) is 29.2 Å². The van der Waals surface area contributed by atoms with E-state index in [1.165, 1.54) is 0 Å². The molecule has 0 saturated carbocycles. The second kappa shape index (κ2) is 6.60. The second-order valence-corrected chi connectivity index (χ2v) is 5.64.